The Hall–Kier alpha value is -2.82. The minimum Gasteiger partial charge on any atom is -0.462 e. The third-order valence-electron chi connectivity index (χ3n) is 5.07. The van der Waals surface area contributed by atoms with Crippen molar-refractivity contribution in [1.82, 2.24) is 0 Å². The molecule has 0 spiro atoms. The van der Waals surface area contributed by atoms with Crippen LogP contribution in [-0.2, 0) is 11.2 Å². The van der Waals surface area contributed by atoms with Crippen LogP contribution in [0.5, 0.6) is 5.75 Å². The summed E-state index contributed by atoms with van der Waals surface area (Å²) >= 11 is 0. The highest BCUT2D eigenvalue weighted by atomic mass is 16.7. The summed E-state index contributed by atoms with van der Waals surface area (Å²) in [5.41, 5.74) is 2.81. The molecule has 0 radical (unpaired) electrons. The second-order valence-corrected chi connectivity index (χ2v) is 7.29. The summed E-state index contributed by atoms with van der Waals surface area (Å²) in [6.07, 6.45) is 7.48. The van der Waals surface area contributed by atoms with Gasteiger partial charge < -0.3 is 14.6 Å². The molecule has 0 unspecified atom stereocenters. The molecule has 0 saturated carbocycles. The molecule has 0 fully saturated rings. The first-order valence-corrected chi connectivity index (χ1v) is 10.9. The lowest BCUT2D eigenvalue weighted by atomic mass is 9.92. The van der Waals surface area contributed by atoms with Crippen LogP contribution in [0.2, 0.25) is 0 Å². The summed E-state index contributed by atoms with van der Waals surface area (Å²) in [6, 6.07) is 12.6. The summed E-state index contributed by atoms with van der Waals surface area (Å²) in [5, 5.41) is 9.16. The van der Waals surface area contributed by atoms with Crippen molar-refractivity contribution in [2.24, 2.45) is 0 Å². The van der Waals surface area contributed by atoms with Crippen LogP contribution in [0.25, 0.3) is 11.1 Å². The molecule has 5 nitrogen and oxygen atoms in total. The van der Waals surface area contributed by atoms with Crippen molar-refractivity contribution in [2.75, 3.05) is 6.61 Å². The maximum atomic E-state index is 12.5. The highest BCUT2D eigenvalue weighted by Crippen LogP contribution is 2.34. The Morgan fingerprint density at radius 1 is 0.833 bits per heavy atom. The van der Waals surface area contributed by atoms with E-state index in [0.29, 0.717) is 24.3 Å². The van der Waals surface area contributed by atoms with Crippen molar-refractivity contribution in [3.63, 3.8) is 0 Å². The minimum absolute atomic E-state index is 0.292. The molecule has 0 aliphatic rings. The molecule has 0 heterocycles. The molecule has 0 aromatic heterocycles. The molecule has 30 heavy (non-hydrogen) atoms. The zero-order valence-corrected chi connectivity index (χ0v) is 18.0. The molecule has 0 saturated heterocycles. The molecule has 2 rings (SSSR count). The van der Waals surface area contributed by atoms with E-state index in [1.165, 1.54) is 25.7 Å². The van der Waals surface area contributed by atoms with E-state index in [2.05, 4.69) is 6.92 Å². The summed E-state index contributed by atoms with van der Waals surface area (Å²) in [5.74, 6) is -0.0656. The molecule has 1 N–H and O–H groups in total. The molecule has 2 aromatic carbocycles. The highest BCUT2D eigenvalue weighted by molar-refractivity contribution is 5.98. The van der Waals surface area contributed by atoms with Gasteiger partial charge in [0.25, 0.3) is 0 Å². The second-order valence-electron chi connectivity index (χ2n) is 7.29. The summed E-state index contributed by atoms with van der Waals surface area (Å²) in [4.78, 5) is 23.7. The Balaban J connectivity index is 2.29. The van der Waals surface area contributed by atoms with Crippen molar-refractivity contribution < 1.29 is 24.2 Å². The van der Waals surface area contributed by atoms with Crippen molar-refractivity contribution in [3.8, 4) is 16.9 Å². The monoisotopic (exact) mass is 412 g/mol. The lowest BCUT2D eigenvalue weighted by molar-refractivity contribution is 0.0527. The topological polar surface area (TPSA) is 72.8 Å². The fraction of sp³-hybridized carbons (Fsp3) is 0.440. The van der Waals surface area contributed by atoms with Gasteiger partial charge in [0.2, 0.25) is 0 Å². The SMILES string of the molecule is CCCCCCCCCc1c(OC(=O)O)cccc1-c1ccccc1C(=O)OCC. The van der Waals surface area contributed by atoms with Gasteiger partial charge in [-0.2, -0.15) is 0 Å². The predicted octanol–water partition coefficient (Wildman–Crippen LogP) is 6.88. The van der Waals surface area contributed by atoms with Gasteiger partial charge in [-0.1, -0.05) is 75.8 Å². The van der Waals surface area contributed by atoms with Crippen molar-refractivity contribution in [2.45, 2.75) is 65.2 Å². The first-order valence-electron chi connectivity index (χ1n) is 10.9. The maximum Gasteiger partial charge on any atom is 0.511 e. The van der Waals surface area contributed by atoms with E-state index >= 15 is 0 Å². The van der Waals surface area contributed by atoms with Crippen molar-refractivity contribution in [3.05, 3.63) is 53.6 Å². The fourth-order valence-electron chi connectivity index (χ4n) is 3.63. The molecular weight excluding hydrogens is 380 g/mol. The van der Waals surface area contributed by atoms with Gasteiger partial charge in [-0.15, -0.1) is 0 Å². The largest absolute Gasteiger partial charge is 0.511 e. The number of esters is 1. The number of unbranched alkanes of at least 4 members (excludes halogenated alkanes) is 6. The Morgan fingerprint density at radius 2 is 1.50 bits per heavy atom. The van der Waals surface area contributed by atoms with E-state index in [1.54, 1.807) is 31.2 Å². The number of hydrogen-bond acceptors (Lipinski definition) is 4. The van der Waals surface area contributed by atoms with Crippen LogP contribution in [0.15, 0.2) is 42.5 Å². The summed E-state index contributed by atoms with van der Waals surface area (Å²) in [7, 11) is 0. The second kappa shape index (κ2) is 12.7. The van der Waals surface area contributed by atoms with Gasteiger partial charge in [0.15, 0.2) is 0 Å². The van der Waals surface area contributed by atoms with E-state index < -0.39 is 6.16 Å². The minimum atomic E-state index is -1.34. The molecule has 0 amide bonds. The molecule has 162 valence electrons. The third-order valence-corrected chi connectivity index (χ3v) is 5.07. The van der Waals surface area contributed by atoms with Gasteiger partial charge in [0, 0.05) is 5.56 Å². The number of rotatable bonds is 12. The lowest BCUT2D eigenvalue weighted by Gasteiger charge is -2.16. The summed E-state index contributed by atoms with van der Waals surface area (Å²) < 4.78 is 10.3. The third kappa shape index (κ3) is 6.90. The Morgan fingerprint density at radius 3 is 2.20 bits per heavy atom. The normalized spacial score (nSPS) is 10.6. The average Bonchev–Trinajstić information content (AvgIpc) is 2.73. The number of carbonyl (C=O) groups is 2. The average molecular weight is 413 g/mol. The van der Waals surface area contributed by atoms with Crippen molar-refractivity contribution >= 4 is 12.1 Å². The smallest absolute Gasteiger partial charge is 0.462 e. The van der Waals surface area contributed by atoms with Gasteiger partial charge in [0.1, 0.15) is 5.75 Å². The van der Waals surface area contributed by atoms with Crippen LogP contribution in [0.4, 0.5) is 4.79 Å². The highest BCUT2D eigenvalue weighted by Gasteiger charge is 2.19. The van der Waals surface area contributed by atoms with E-state index in [1.807, 2.05) is 18.2 Å². The standard InChI is InChI=1S/C25H32O5/c1-3-5-6-7-8-9-10-15-21-19(17-13-18-23(21)30-25(27)28)20-14-11-12-16-22(20)24(26)29-4-2/h11-14,16-18H,3-10,15H2,1-2H3,(H,27,28). The van der Waals surface area contributed by atoms with E-state index in [9.17, 15) is 9.59 Å². The first kappa shape index (κ1) is 23.5. The quantitative estimate of drug-likeness (QED) is 0.234. The van der Waals surface area contributed by atoms with Gasteiger partial charge in [0.05, 0.1) is 12.2 Å². The van der Waals surface area contributed by atoms with Gasteiger partial charge in [-0.05, 0) is 43.0 Å². The van der Waals surface area contributed by atoms with Crippen LogP contribution in [-0.4, -0.2) is 23.8 Å². The van der Waals surface area contributed by atoms with Gasteiger partial charge in [-0.3, -0.25) is 0 Å². The number of ether oxygens (including phenoxy) is 2. The number of carboxylic acid groups (broad SMARTS) is 1. The molecule has 0 atom stereocenters. The van der Waals surface area contributed by atoms with Gasteiger partial charge in [-0.25, -0.2) is 9.59 Å². The molecule has 0 bridgehead atoms. The van der Waals surface area contributed by atoms with Crippen molar-refractivity contribution in [1.29, 1.82) is 0 Å². The Kier molecular flexibility index (Phi) is 9.92. The van der Waals surface area contributed by atoms with Gasteiger partial charge >= 0.3 is 12.1 Å². The van der Waals surface area contributed by atoms with E-state index in [0.717, 1.165) is 36.0 Å². The zero-order chi connectivity index (χ0) is 21.8. The molecule has 0 aliphatic carbocycles. The van der Waals surface area contributed by atoms with Crippen LogP contribution >= 0.6 is 0 Å². The molecule has 0 aliphatic heterocycles. The Bertz CT molecular complexity index is 828. The van der Waals surface area contributed by atoms with Crippen LogP contribution in [0.1, 0.15) is 74.7 Å². The first-order chi connectivity index (χ1) is 14.6. The molecule has 5 heteroatoms. The zero-order valence-electron chi connectivity index (χ0n) is 18.0. The lowest BCUT2D eigenvalue weighted by Crippen LogP contribution is -2.09. The van der Waals surface area contributed by atoms with E-state index in [4.69, 9.17) is 14.6 Å². The number of carbonyl (C=O) groups excluding carboxylic acids is 1. The predicted molar refractivity (Wildman–Crippen MR) is 118 cm³/mol. The summed E-state index contributed by atoms with van der Waals surface area (Å²) in [6.45, 7) is 4.27. The maximum absolute atomic E-state index is 12.5. The molecule has 2 aromatic rings. The van der Waals surface area contributed by atoms with Crippen LogP contribution in [0.3, 0.4) is 0 Å². The fourth-order valence-corrected chi connectivity index (χ4v) is 3.63. The van der Waals surface area contributed by atoms with Crippen LogP contribution < -0.4 is 4.74 Å². The van der Waals surface area contributed by atoms with E-state index in [-0.39, 0.29) is 5.97 Å². The van der Waals surface area contributed by atoms with Crippen LogP contribution in [0, 0.1) is 0 Å². The Labute approximate surface area is 179 Å². The molecular formula is C25H32O5. The number of benzene rings is 2. The number of hydrogen-bond donors (Lipinski definition) is 1.